The maximum atomic E-state index is 10.3. The molecule has 0 aromatic rings. The Balaban J connectivity index is 2.05. The summed E-state index contributed by atoms with van der Waals surface area (Å²) in [5.74, 6) is -0.725. The fourth-order valence-electron chi connectivity index (χ4n) is 2.55. The van der Waals surface area contributed by atoms with Gasteiger partial charge in [-0.25, -0.2) is 0 Å². The zero-order valence-corrected chi connectivity index (χ0v) is 13.7. The Hall–Kier alpha value is -0.920. The number of hydrogen-bond acceptors (Lipinski definition) is 6. The van der Waals surface area contributed by atoms with Gasteiger partial charge in [0.15, 0.2) is 24.3 Å². The van der Waals surface area contributed by atoms with E-state index in [1.165, 1.54) is 0 Å². The molecule has 0 amide bonds. The summed E-state index contributed by atoms with van der Waals surface area (Å²) < 4.78 is 28.4. The van der Waals surface area contributed by atoms with Crippen molar-refractivity contribution in [1.29, 1.82) is 0 Å². The Morgan fingerprint density at radius 2 is 2.09 bits per heavy atom. The monoisotopic (exact) mass is 314 g/mol. The maximum Gasteiger partial charge on any atom is 0.191 e. The summed E-state index contributed by atoms with van der Waals surface area (Å²) in [4.78, 5) is 0. The third kappa shape index (κ3) is 4.08. The minimum Gasteiger partial charge on any atom is -0.492 e. The Kier molecular flexibility index (Phi) is 5.63. The number of ether oxygens (including phenoxy) is 5. The van der Waals surface area contributed by atoms with Crippen molar-refractivity contribution >= 4 is 0 Å². The number of aliphatic hydroxyl groups is 1. The molecule has 126 valence electrons. The van der Waals surface area contributed by atoms with Gasteiger partial charge in [0.1, 0.15) is 12.2 Å². The Labute approximate surface area is 131 Å². The predicted octanol–water partition coefficient (Wildman–Crippen LogP) is 1.74. The van der Waals surface area contributed by atoms with Crippen LogP contribution in [0.4, 0.5) is 0 Å². The molecule has 5 atom stereocenters. The van der Waals surface area contributed by atoms with Gasteiger partial charge in [-0.3, -0.25) is 0 Å². The van der Waals surface area contributed by atoms with Crippen molar-refractivity contribution < 1.29 is 28.8 Å². The topological polar surface area (TPSA) is 66.4 Å². The summed E-state index contributed by atoms with van der Waals surface area (Å²) in [5, 5.41) is 10.3. The van der Waals surface area contributed by atoms with Crippen LogP contribution in [0, 0.1) is 0 Å². The minimum absolute atomic E-state index is 0.133. The molecule has 0 saturated carbocycles. The molecule has 6 nitrogen and oxygen atoms in total. The van der Waals surface area contributed by atoms with Crippen molar-refractivity contribution in [2.24, 2.45) is 0 Å². The highest BCUT2D eigenvalue weighted by atomic mass is 16.8. The van der Waals surface area contributed by atoms with Crippen LogP contribution in [-0.4, -0.2) is 54.8 Å². The molecule has 0 radical (unpaired) electrons. The molecule has 0 unspecified atom stereocenters. The van der Waals surface area contributed by atoms with Gasteiger partial charge in [0.25, 0.3) is 0 Å². The first-order valence-corrected chi connectivity index (χ1v) is 7.50. The molecule has 6 heteroatoms. The van der Waals surface area contributed by atoms with Crippen LogP contribution in [0.1, 0.15) is 27.7 Å². The second-order valence-corrected chi connectivity index (χ2v) is 6.26. The molecule has 0 aliphatic carbocycles. The van der Waals surface area contributed by atoms with Crippen molar-refractivity contribution in [3.63, 3.8) is 0 Å². The molecule has 2 heterocycles. The molecular weight excluding hydrogens is 288 g/mol. The van der Waals surface area contributed by atoms with E-state index in [0.29, 0.717) is 6.61 Å². The van der Waals surface area contributed by atoms with Crippen molar-refractivity contribution in [2.75, 3.05) is 13.2 Å². The SMILES string of the molecule is C=CCOC[C@@H](O)[C@H]1O[C@@H]2OC(C)(C)O[C@@H]2[C@H]1OC=C(C)C. The van der Waals surface area contributed by atoms with Gasteiger partial charge in [-0.2, -0.15) is 0 Å². The van der Waals surface area contributed by atoms with Gasteiger partial charge in [0.2, 0.25) is 0 Å². The second kappa shape index (κ2) is 7.10. The standard InChI is InChI=1S/C16H26O6/c1-6-7-18-9-11(17)12-13(19-8-10(2)3)14-15(20-12)22-16(4,5)21-14/h6,8,11-15,17H,1,7,9H2,2-5H3/t11-,12-,13+,14-,15-/m1/s1. The van der Waals surface area contributed by atoms with Gasteiger partial charge in [-0.1, -0.05) is 6.08 Å². The summed E-state index contributed by atoms with van der Waals surface area (Å²) in [6.45, 7) is 11.6. The molecular formula is C16H26O6. The number of aliphatic hydroxyl groups excluding tert-OH is 1. The smallest absolute Gasteiger partial charge is 0.191 e. The number of fused-ring (bicyclic) bond motifs is 1. The molecule has 2 fully saturated rings. The highest BCUT2D eigenvalue weighted by Crippen LogP contribution is 2.39. The molecule has 2 saturated heterocycles. The molecule has 22 heavy (non-hydrogen) atoms. The summed E-state index contributed by atoms with van der Waals surface area (Å²) in [6, 6.07) is 0. The van der Waals surface area contributed by atoms with E-state index < -0.39 is 30.4 Å². The van der Waals surface area contributed by atoms with Crippen LogP contribution < -0.4 is 0 Å². The van der Waals surface area contributed by atoms with Gasteiger partial charge >= 0.3 is 0 Å². The summed E-state index contributed by atoms with van der Waals surface area (Å²) in [5.41, 5.74) is 1.01. The fraction of sp³-hybridized carbons (Fsp3) is 0.750. The molecule has 0 spiro atoms. The van der Waals surface area contributed by atoms with Crippen molar-refractivity contribution in [2.45, 2.75) is 64.2 Å². The largest absolute Gasteiger partial charge is 0.492 e. The lowest BCUT2D eigenvalue weighted by Gasteiger charge is -2.28. The summed E-state index contributed by atoms with van der Waals surface area (Å²) >= 11 is 0. The predicted molar refractivity (Wildman–Crippen MR) is 80.0 cm³/mol. The zero-order valence-electron chi connectivity index (χ0n) is 13.7. The van der Waals surface area contributed by atoms with Crippen LogP contribution in [0.5, 0.6) is 0 Å². The number of allylic oxidation sites excluding steroid dienone is 1. The first kappa shape index (κ1) is 17.4. The van der Waals surface area contributed by atoms with Crippen LogP contribution >= 0.6 is 0 Å². The Morgan fingerprint density at radius 3 is 2.73 bits per heavy atom. The fourth-order valence-corrected chi connectivity index (χ4v) is 2.55. The van der Waals surface area contributed by atoms with Crippen LogP contribution in [0.25, 0.3) is 0 Å². The lowest BCUT2D eigenvalue weighted by atomic mass is 10.1. The van der Waals surface area contributed by atoms with Gasteiger partial charge in [-0.15, -0.1) is 6.58 Å². The highest BCUT2D eigenvalue weighted by molar-refractivity contribution is 4.99. The molecule has 1 N–H and O–H groups in total. The van der Waals surface area contributed by atoms with E-state index in [9.17, 15) is 5.11 Å². The van der Waals surface area contributed by atoms with Crippen LogP contribution in [0.15, 0.2) is 24.5 Å². The van der Waals surface area contributed by atoms with Crippen LogP contribution in [-0.2, 0) is 23.7 Å². The quantitative estimate of drug-likeness (QED) is 0.439. The van der Waals surface area contributed by atoms with E-state index in [1.54, 1.807) is 12.3 Å². The van der Waals surface area contributed by atoms with E-state index in [2.05, 4.69) is 6.58 Å². The molecule has 0 bridgehead atoms. The average Bonchev–Trinajstić information content (AvgIpc) is 2.88. The van der Waals surface area contributed by atoms with Gasteiger partial charge < -0.3 is 28.8 Å². The first-order chi connectivity index (χ1) is 10.3. The minimum atomic E-state index is -0.837. The second-order valence-electron chi connectivity index (χ2n) is 6.26. The number of hydrogen-bond donors (Lipinski definition) is 1. The van der Waals surface area contributed by atoms with Gasteiger partial charge in [0.05, 0.1) is 19.5 Å². The van der Waals surface area contributed by atoms with E-state index >= 15 is 0 Å². The molecule has 0 aromatic carbocycles. The van der Waals surface area contributed by atoms with Gasteiger partial charge in [0, 0.05) is 0 Å². The number of rotatable bonds is 7. The van der Waals surface area contributed by atoms with Crippen LogP contribution in [0.2, 0.25) is 0 Å². The van der Waals surface area contributed by atoms with Gasteiger partial charge in [-0.05, 0) is 33.3 Å². The normalized spacial score (nSPS) is 34.0. The molecule has 0 aromatic heterocycles. The third-order valence-corrected chi connectivity index (χ3v) is 3.39. The first-order valence-electron chi connectivity index (χ1n) is 7.50. The molecule has 2 aliphatic heterocycles. The van der Waals surface area contributed by atoms with Crippen molar-refractivity contribution in [3.05, 3.63) is 24.5 Å². The van der Waals surface area contributed by atoms with Crippen molar-refractivity contribution in [1.82, 2.24) is 0 Å². The Bertz CT molecular complexity index is 415. The third-order valence-electron chi connectivity index (χ3n) is 3.39. The highest BCUT2D eigenvalue weighted by Gasteiger charge is 2.57. The van der Waals surface area contributed by atoms with E-state index in [0.717, 1.165) is 5.57 Å². The maximum absolute atomic E-state index is 10.3. The van der Waals surface area contributed by atoms with E-state index in [4.69, 9.17) is 23.7 Å². The average molecular weight is 314 g/mol. The lowest BCUT2D eigenvalue weighted by Crippen LogP contribution is -2.43. The molecule has 2 rings (SSSR count). The van der Waals surface area contributed by atoms with Crippen LogP contribution in [0.3, 0.4) is 0 Å². The lowest BCUT2D eigenvalue weighted by molar-refractivity contribution is -0.228. The van der Waals surface area contributed by atoms with E-state index in [1.807, 2.05) is 27.7 Å². The summed E-state index contributed by atoms with van der Waals surface area (Å²) in [7, 11) is 0. The Morgan fingerprint density at radius 1 is 1.36 bits per heavy atom. The summed E-state index contributed by atoms with van der Waals surface area (Å²) in [6.07, 6.45) is 0.472. The molecule has 2 aliphatic rings. The zero-order chi connectivity index (χ0) is 16.3. The van der Waals surface area contributed by atoms with E-state index in [-0.39, 0.29) is 12.7 Å². The van der Waals surface area contributed by atoms with Crippen molar-refractivity contribution in [3.8, 4) is 0 Å².